The van der Waals surface area contributed by atoms with Crippen LogP contribution >= 0.6 is 0 Å². The number of aromatic amines is 1. The minimum Gasteiger partial charge on any atom is -0.361 e. The van der Waals surface area contributed by atoms with Crippen LogP contribution in [0.5, 0.6) is 0 Å². The minimum atomic E-state index is -0.697. The molecule has 4 rings (SSSR count). The van der Waals surface area contributed by atoms with Crippen LogP contribution in [0.15, 0.2) is 59.7 Å². The van der Waals surface area contributed by atoms with Crippen molar-refractivity contribution in [1.82, 2.24) is 29.8 Å². The van der Waals surface area contributed by atoms with Gasteiger partial charge in [-0.15, -0.1) is 5.10 Å². The summed E-state index contributed by atoms with van der Waals surface area (Å²) in [7, 11) is 0. The van der Waals surface area contributed by atoms with E-state index in [1.54, 1.807) is 32.2 Å². The number of amides is 2. The van der Waals surface area contributed by atoms with E-state index in [4.69, 9.17) is 0 Å². The van der Waals surface area contributed by atoms with Crippen molar-refractivity contribution in [3.63, 3.8) is 0 Å². The van der Waals surface area contributed by atoms with Crippen molar-refractivity contribution in [1.29, 1.82) is 0 Å². The summed E-state index contributed by atoms with van der Waals surface area (Å²) in [6.07, 6.45) is 4.46. The third kappa shape index (κ3) is 4.97. The van der Waals surface area contributed by atoms with E-state index in [1.807, 2.05) is 36.5 Å². The lowest BCUT2D eigenvalue weighted by atomic mass is 10.0. The normalized spacial score (nSPS) is 12.3. The van der Waals surface area contributed by atoms with Gasteiger partial charge < -0.3 is 15.6 Å². The quantitative estimate of drug-likeness (QED) is 0.339. The van der Waals surface area contributed by atoms with Gasteiger partial charge in [0.25, 0.3) is 0 Å². The molecule has 172 valence electrons. The van der Waals surface area contributed by atoms with Crippen LogP contribution in [0.3, 0.4) is 0 Å². The van der Waals surface area contributed by atoms with Crippen molar-refractivity contribution in [2.45, 2.75) is 39.3 Å². The van der Waals surface area contributed by atoms with E-state index in [1.165, 1.54) is 9.08 Å². The van der Waals surface area contributed by atoms with Crippen LogP contribution in [-0.4, -0.2) is 43.6 Å². The van der Waals surface area contributed by atoms with E-state index in [-0.39, 0.29) is 23.4 Å². The molecule has 1 unspecified atom stereocenters. The number of nitrogens with zero attached hydrogens (tertiary/aromatic N) is 3. The molecule has 1 atom stereocenters. The van der Waals surface area contributed by atoms with Gasteiger partial charge >= 0.3 is 5.69 Å². The highest BCUT2D eigenvalue weighted by Crippen LogP contribution is 2.19. The number of carbonyl (C=O) groups is 2. The van der Waals surface area contributed by atoms with E-state index in [9.17, 15) is 14.4 Å². The van der Waals surface area contributed by atoms with Gasteiger partial charge in [-0.05, 0) is 30.2 Å². The van der Waals surface area contributed by atoms with Crippen molar-refractivity contribution in [3.8, 4) is 0 Å². The van der Waals surface area contributed by atoms with Crippen LogP contribution in [0.1, 0.15) is 25.8 Å². The number of aromatic nitrogens is 4. The highest BCUT2D eigenvalue weighted by atomic mass is 16.2. The molecule has 0 fully saturated rings. The molecule has 0 bridgehead atoms. The summed E-state index contributed by atoms with van der Waals surface area (Å²) in [5, 5.41) is 11.1. The number of rotatable bonds is 9. The Labute approximate surface area is 190 Å². The second-order valence-electron chi connectivity index (χ2n) is 8.36. The van der Waals surface area contributed by atoms with E-state index in [0.717, 1.165) is 16.5 Å². The SMILES string of the molecule is CC(C)C(=O)NC(Cc1c[nH]c2ccccc12)C(=O)NCCCn1nc2ccccn2c1=O. The first-order chi connectivity index (χ1) is 15.9. The Balaban J connectivity index is 1.39. The molecule has 0 spiro atoms. The molecule has 9 heteroatoms. The lowest BCUT2D eigenvalue weighted by molar-refractivity contribution is -0.130. The lowest BCUT2D eigenvalue weighted by Crippen LogP contribution is -2.49. The summed E-state index contributed by atoms with van der Waals surface area (Å²) in [4.78, 5) is 40.9. The van der Waals surface area contributed by atoms with E-state index in [2.05, 4.69) is 20.7 Å². The average molecular weight is 449 g/mol. The summed E-state index contributed by atoms with van der Waals surface area (Å²) >= 11 is 0. The second kappa shape index (κ2) is 9.72. The van der Waals surface area contributed by atoms with Gasteiger partial charge in [-0.25, -0.2) is 9.48 Å². The fraction of sp³-hybridized carbons (Fsp3) is 0.333. The molecule has 0 aliphatic rings. The largest absolute Gasteiger partial charge is 0.361 e. The summed E-state index contributed by atoms with van der Waals surface area (Å²) in [5.41, 5.74) is 2.32. The van der Waals surface area contributed by atoms with Crippen molar-refractivity contribution in [3.05, 3.63) is 70.9 Å². The van der Waals surface area contributed by atoms with Crippen molar-refractivity contribution >= 4 is 28.4 Å². The van der Waals surface area contributed by atoms with Crippen molar-refractivity contribution in [2.24, 2.45) is 5.92 Å². The fourth-order valence-corrected chi connectivity index (χ4v) is 3.75. The molecule has 4 aromatic rings. The number of aryl methyl sites for hydroxylation is 1. The number of carbonyl (C=O) groups excluding carboxylic acids is 2. The van der Waals surface area contributed by atoms with E-state index >= 15 is 0 Å². The molecule has 0 aliphatic carbocycles. The number of benzene rings is 1. The third-order valence-corrected chi connectivity index (χ3v) is 5.59. The average Bonchev–Trinajstić information content (AvgIpc) is 3.37. The predicted octanol–water partition coefficient (Wildman–Crippen LogP) is 1.87. The van der Waals surface area contributed by atoms with Gasteiger partial charge in [0.1, 0.15) is 6.04 Å². The molecule has 9 nitrogen and oxygen atoms in total. The molecule has 3 heterocycles. The molecule has 0 saturated heterocycles. The Morgan fingerprint density at radius 3 is 2.67 bits per heavy atom. The number of pyridine rings is 1. The monoisotopic (exact) mass is 448 g/mol. The molecular weight excluding hydrogens is 420 g/mol. The zero-order valence-corrected chi connectivity index (χ0v) is 18.7. The molecule has 0 saturated carbocycles. The summed E-state index contributed by atoms with van der Waals surface area (Å²) < 4.78 is 2.88. The first kappa shape index (κ1) is 22.3. The molecule has 3 aromatic heterocycles. The van der Waals surface area contributed by atoms with Crippen LogP contribution in [0, 0.1) is 5.92 Å². The lowest BCUT2D eigenvalue weighted by Gasteiger charge is -2.19. The number of fused-ring (bicyclic) bond motifs is 2. The topological polar surface area (TPSA) is 113 Å². The summed E-state index contributed by atoms with van der Waals surface area (Å²) in [6, 6.07) is 12.5. The first-order valence-corrected chi connectivity index (χ1v) is 11.1. The number of nitrogens with one attached hydrogen (secondary N) is 3. The Morgan fingerprint density at radius 2 is 1.88 bits per heavy atom. The van der Waals surface area contributed by atoms with Gasteiger partial charge in [0.05, 0.1) is 0 Å². The molecule has 2 amide bonds. The van der Waals surface area contributed by atoms with Gasteiger partial charge in [0, 0.05) is 48.7 Å². The standard InChI is InChI=1S/C24H28N6O3/c1-16(2)22(31)27-20(14-17-15-26-19-9-4-3-8-18(17)19)23(32)25-11-7-13-30-24(33)29-12-6-5-10-21(29)28-30/h3-6,8-10,12,15-16,20,26H,7,11,13-14H2,1-2H3,(H,25,32)(H,27,31). The van der Waals surface area contributed by atoms with E-state index < -0.39 is 6.04 Å². The smallest absolute Gasteiger partial charge is 0.350 e. The third-order valence-electron chi connectivity index (χ3n) is 5.59. The first-order valence-electron chi connectivity index (χ1n) is 11.1. The van der Waals surface area contributed by atoms with Gasteiger partial charge in [0.15, 0.2) is 5.65 Å². The van der Waals surface area contributed by atoms with Gasteiger partial charge in [0.2, 0.25) is 11.8 Å². The molecule has 33 heavy (non-hydrogen) atoms. The molecule has 3 N–H and O–H groups in total. The number of H-pyrrole nitrogens is 1. The van der Waals surface area contributed by atoms with Crippen LogP contribution in [0.25, 0.3) is 16.6 Å². The van der Waals surface area contributed by atoms with Gasteiger partial charge in [-0.2, -0.15) is 0 Å². The molecule has 0 aliphatic heterocycles. The Kier molecular flexibility index (Phi) is 6.58. The Hall–Kier alpha value is -3.88. The number of hydrogen-bond acceptors (Lipinski definition) is 4. The Bertz CT molecular complexity index is 1330. The fourth-order valence-electron chi connectivity index (χ4n) is 3.75. The maximum absolute atomic E-state index is 13.0. The van der Waals surface area contributed by atoms with Crippen molar-refractivity contribution in [2.75, 3.05) is 6.54 Å². The molecule has 0 radical (unpaired) electrons. The van der Waals surface area contributed by atoms with Gasteiger partial charge in [-0.3, -0.25) is 14.0 Å². The molecule has 1 aromatic carbocycles. The van der Waals surface area contributed by atoms with Crippen LogP contribution in [-0.2, 0) is 22.6 Å². The predicted molar refractivity (Wildman–Crippen MR) is 126 cm³/mol. The minimum absolute atomic E-state index is 0.175. The maximum atomic E-state index is 13.0. The molecular formula is C24H28N6O3. The maximum Gasteiger partial charge on any atom is 0.350 e. The summed E-state index contributed by atoms with van der Waals surface area (Å²) in [6.45, 7) is 4.33. The second-order valence-corrected chi connectivity index (χ2v) is 8.36. The zero-order chi connectivity index (χ0) is 23.4. The highest BCUT2D eigenvalue weighted by molar-refractivity contribution is 5.90. The summed E-state index contributed by atoms with van der Waals surface area (Å²) in [5.74, 6) is -0.659. The van der Waals surface area contributed by atoms with Gasteiger partial charge in [-0.1, -0.05) is 38.1 Å². The van der Waals surface area contributed by atoms with Crippen LogP contribution in [0.4, 0.5) is 0 Å². The highest BCUT2D eigenvalue weighted by Gasteiger charge is 2.23. The van der Waals surface area contributed by atoms with Crippen LogP contribution in [0.2, 0.25) is 0 Å². The van der Waals surface area contributed by atoms with Crippen LogP contribution < -0.4 is 16.3 Å². The number of para-hydroxylation sites is 1. The Morgan fingerprint density at radius 1 is 1.09 bits per heavy atom. The zero-order valence-electron chi connectivity index (χ0n) is 18.7. The number of hydrogen-bond donors (Lipinski definition) is 3. The van der Waals surface area contributed by atoms with Crippen molar-refractivity contribution < 1.29 is 9.59 Å². The van der Waals surface area contributed by atoms with E-state index in [0.29, 0.717) is 31.6 Å².